The first-order valence-corrected chi connectivity index (χ1v) is 11.9. The fraction of sp³-hybridized carbons (Fsp3) is 0.381. The van der Waals surface area contributed by atoms with Gasteiger partial charge in [-0.3, -0.25) is 9.36 Å². The number of benzene rings is 1. The van der Waals surface area contributed by atoms with E-state index < -0.39 is 5.76 Å². The van der Waals surface area contributed by atoms with Crippen LogP contribution in [0.3, 0.4) is 0 Å². The van der Waals surface area contributed by atoms with E-state index in [1.165, 1.54) is 18.2 Å². The highest BCUT2D eigenvalue weighted by Crippen LogP contribution is 2.35. The van der Waals surface area contributed by atoms with Crippen molar-refractivity contribution >= 4 is 35.1 Å². The normalized spacial score (nSPS) is 14.8. The van der Waals surface area contributed by atoms with E-state index in [1.54, 1.807) is 30.5 Å². The number of anilines is 1. The lowest BCUT2D eigenvalue weighted by molar-refractivity contribution is -0.113. The summed E-state index contributed by atoms with van der Waals surface area (Å²) in [6.07, 6.45) is 7.26. The van der Waals surface area contributed by atoms with Gasteiger partial charge < -0.3 is 9.73 Å². The standard InChI is InChI=1S/C21H22F2N4O2S2/c22-20(23)31-16-10-8-14(9-11-16)24-18(28)13-30-21-26-25-19(17-7-4-12-29-17)27(21)15-5-2-1-3-6-15/h4,7-12,15,20H,1-3,5-6,13H2,(H,24,28). The average molecular weight is 465 g/mol. The van der Waals surface area contributed by atoms with E-state index in [0.29, 0.717) is 39.1 Å². The number of carbonyl (C=O) groups is 1. The molecular formula is C21H22F2N4O2S2. The Bertz CT molecular complexity index is 987. The van der Waals surface area contributed by atoms with Crippen molar-refractivity contribution in [3.05, 3.63) is 42.7 Å². The molecule has 0 aliphatic heterocycles. The van der Waals surface area contributed by atoms with Gasteiger partial charge in [0.1, 0.15) is 0 Å². The van der Waals surface area contributed by atoms with Gasteiger partial charge in [0, 0.05) is 16.6 Å². The molecule has 1 saturated carbocycles. The molecule has 0 bridgehead atoms. The van der Waals surface area contributed by atoms with Crippen LogP contribution in [0.15, 0.2) is 57.1 Å². The number of alkyl halides is 2. The molecular weight excluding hydrogens is 442 g/mol. The smallest absolute Gasteiger partial charge is 0.288 e. The molecule has 4 rings (SSSR count). The number of thioether (sulfide) groups is 2. The SMILES string of the molecule is O=C(CSc1nnc(-c2ccco2)n1C1CCCCC1)Nc1ccc(SC(F)F)cc1. The molecule has 1 aliphatic rings. The zero-order chi connectivity index (χ0) is 21.6. The Morgan fingerprint density at radius 2 is 1.94 bits per heavy atom. The summed E-state index contributed by atoms with van der Waals surface area (Å²) < 4.78 is 32.5. The summed E-state index contributed by atoms with van der Waals surface area (Å²) in [4.78, 5) is 12.9. The molecule has 0 spiro atoms. The van der Waals surface area contributed by atoms with E-state index in [2.05, 4.69) is 20.1 Å². The number of nitrogens with zero attached hydrogens (tertiary/aromatic N) is 3. The molecule has 6 nitrogen and oxygen atoms in total. The molecule has 1 aromatic carbocycles. The van der Waals surface area contributed by atoms with E-state index in [1.807, 2.05) is 12.1 Å². The van der Waals surface area contributed by atoms with Gasteiger partial charge in [0.15, 0.2) is 10.9 Å². The van der Waals surface area contributed by atoms with Crippen molar-refractivity contribution in [1.29, 1.82) is 0 Å². The quantitative estimate of drug-likeness (QED) is 0.407. The molecule has 0 radical (unpaired) electrons. The summed E-state index contributed by atoms with van der Waals surface area (Å²) in [6.45, 7) is 0. The van der Waals surface area contributed by atoms with Gasteiger partial charge in [-0.15, -0.1) is 10.2 Å². The summed E-state index contributed by atoms with van der Waals surface area (Å²) in [5.74, 6) is -1.15. The van der Waals surface area contributed by atoms with Crippen molar-refractivity contribution in [1.82, 2.24) is 14.8 Å². The minimum Gasteiger partial charge on any atom is -0.461 e. The lowest BCUT2D eigenvalue weighted by Gasteiger charge is -2.25. The fourth-order valence-corrected chi connectivity index (χ4v) is 4.97. The molecule has 2 heterocycles. The first-order valence-electron chi connectivity index (χ1n) is 10.1. The Balaban J connectivity index is 1.42. The molecule has 0 unspecified atom stereocenters. The second-order valence-corrected chi connectivity index (χ2v) is 9.19. The van der Waals surface area contributed by atoms with Gasteiger partial charge in [-0.2, -0.15) is 8.78 Å². The predicted octanol–water partition coefficient (Wildman–Crippen LogP) is 6.09. The van der Waals surface area contributed by atoms with Crippen molar-refractivity contribution in [3.63, 3.8) is 0 Å². The van der Waals surface area contributed by atoms with Crippen LogP contribution in [0.4, 0.5) is 14.5 Å². The Morgan fingerprint density at radius 1 is 1.16 bits per heavy atom. The van der Waals surface area contributed by atoms with Gasteiger partial charge in [0.2, 0.25) is 11.7 Å². The molecule has 1 fully saturated rings. The van der Waals surface area contributed by atoms with Crippen molar-refractivity contribution in [2.75, 3.05) is 11.1 Å². The zero-order valence-corrected chi connectivity index (χ0v) is 18.3. The van der Waals surface area contributed by atoms with Crippen LogP contribution in [0.1, 0.15) is 38.1 Å². The Hall–Kier alpha value is -2.33. The molecule has 0 atom stereocenters. The van der Waals surface area contributed by atoms with Crippen LogP contribution in [0.5, 0.6) is 0 Å². The fourth-order valence-electron chi connectivity index (χ4n) is 3.66. The highest BCUT2D eigenvalue weighted by atomic mass is 32.2. The molecule has 1 N–H and O–H groups in total. The Labute approximate surface area is 187 Å². The van der Waals surface area contributed by atoms with E-state index in [4.69, 9.17) is 4.42 Å². The molecule has 3 aromatic rings. The number of aromatic nitrogens is 3. The van der Waals surface area contributed by atoms with Gasteiger partial charge in [0.25, 0.3) is 5.76 Å². The minimum absolute atomic E-state index is 0.163. The largest absolute Gasteiger partial charge is 0.461 e. The van der Waals surface area contributed by atoms with Crippen LogP contribution in [-0.4, -0.2) is 32.2 Å². The Morgan fingerprint density at radius 3 is 2.61 bits per heavy atom. The van der Waals surface area contributed by atoms with Gasteiger partial charge >= 0.3 is 0 Å². The van der Waals surface area contributed by atoms with Gasteiger partial charge in [-0.05, 0) is 49.2 Å². The lowest BCUT2D eigenvalue weighted by Crippen LogP contribution is -2.17. The third-order valence-corrected chi connectivity index (χ3v) is 6.71. The highest BCUT2D eigenvalue weighted by molar-refractivity contribution is 8.00. The predicted molar refractivity (Wildman–Crippen MR) is 118 cm³/mol. The molecule has 10 heteroatoms. The summed E-state index contributed by atoms with van der Waals surface area (Å²) >= 11 is 1.80. The van der Waals surface area contributed by atoms with Gasteiger partial charge in [-0.25, -0.2) is 0 Å². The number of rotatable bonds is 8. The van der Waals surface area contributed by atoms with E-state index in [9.17, 15) is 13.6 Å². The maximum Gasteiger partial charge on any atom is 0.288 e. The maximum absolute atomic E-state index is 12.4. The zero-order valence-electron chi connectivity index (χ0n) is 16.7. The second-order valence-electron chi connectivity index (χ2n) is 7.19. The van der Waals surface area contributed by atoms with E-state index in [-0.39, 0.29) is 17.7 Å². The number of amides is 1. The van der Waals surface area contributed by atoms with Gasteiger partial charge in [-0.1, -0.05) is 42.8 Å². The number of furan rings is 1. The maximum atomic E-state index is 12.4. The second kappa shape index (κ2) is 10.3. The number of hydrogen-bond acceptors (Lipinski definition) is 6. The van der Waals surface area contributed by atoms with Crippen molar-refractivity contribution in [3.8, 4) is 11.6 Å². The monoisotopic (exact) mass is 464 g/mol. The minimum atomic E-state index is -2.47. The summed E-state index contributed by atoms with van der Waals surface area (Å²) in [5.41, 5.74) is 0.564. The van der Waals surface area contributed by atoms with Crippen molar-refractivity contribution < 1.29 is 18.0 Å². The molecule has 164 valence electrons. The first kappa shape index (κ1) is 21.9. The molecule has 1 amide bonds. The van der Waals surface area contributed by atoms with Crippen LogP contribution in [0.2, 0.25) is 0 Å². The molecule has 0 saturated heterocycles. The van der Waals surface area contributed by atoms with Crippen LogP contribution in [-0.2, 0) is 4.79 Å². The third kappa shape index (κ3) is 5.68. The Kier molecular flexibility index (Phi) is 7.29. The van der Waals surface area contributed by atoms with Crippen molar-refractivity contribution in [2.45, 2.75) is 54.0 Å². The van der Waals surface area contributed by atoms with E-state index >= 15 is 0 Å². The van der Waals surface area contributed by atoms with Crippen molar-refractivity contribution in [2.24, 2.45) is 0 Å². The molecule has 1 aliphatic carbocycles. The van der Waals surface area contributed by atoms with Crippen LogP contribution in [0, 0.1) is 0 Å². The number of carbonyl (C=O) groups excluding carboxylic acids is 1. The summed E-state index contributed by atoms with van der Waals surface area (Å²) in [6, 6.07) is 10.3. The van der Waals surface area contributed by atoms with Crippen LogP contribution in [0.25, 0.3) is 11.6 Å². The number of hydrogen-bond donors (Lipinski definition) is 1. The third-order valence-electron chi connectivity index (χ3n) is 5.04. The van der Waals surface area contributed by atoms with E-state index in [0.717, 1.165) is 25.7 Å². The summed E-state index contributed by atoms with van der Waals surface area (Å²) in [5, 5.41) is 12.1. The molecule has 31 heavy (non-hydrogen) atoms. The topological polar surface area (TPSA) is 73.0 Å². The number of halogens is 2. The number of nitrogens with one attached hydrogen (secondary N) is 1. The average Bonchev–Trinajstić information content (AvgIpc) is 3.43. The summed E-state index contributed by atoms with van der Waals surface area (Å²) in [7, 11) is 0. The van der Waals surface area contributed by atoms with Crippen LogP contribution >= 0.6 is 23.5 Å². The highest BCUT2D eigenvalue weighted by Gasteiger charge is 2.25. The van der Waals surface area contributed by atoms with Gasteiger partial charge in [0.05, 0.1) is 12.0 Å². The van der Waals surface area contributed by atoms with Crippen LogP contribution < -0.4 is 5.32 Å². The first-order chi connectivity index (χ1) is 15.1. The lowest BCUT2D eigenvalue weighted by atomic mass is 9.95. The molecule has 2 aromatic heterocycles.